The van der Waals surface area contributed by atoms with Crippen LogP contribution in [0, 0.1) is 0 Å². The zero-order valence-electron chi connectivity index (χ0n) is 21.4. The van der Waals surface area contributed by atoms with Crippen molar-refractivity contribution in [3.8, 4) is 28.7 Å². The summed E-state index contributed by atoms with van der Waals surface area (Å²) in [6.45, 7) is 4.06. The van der Waals surface area contributed by atoms with E-state index in [1.807, 2.05) is 54.6 Å². The second-order valence-electron chi connectivity index (χ2n) is 7.74. The molecule has 37 heavy (non-hydrogen) atoms. The average Bonchev–Trinajstić information content (AvgIpc) is 2.93. The molecule has 0 unspecified atom stereocenters. The fraction of sp³-hybridized carbons (Fsp3) is 0.167. The summed E-state index contributed by atoms with van der Waals surface area (Å²) in [5, 5.41) is 2.93. The van der Waals surface area contributed by atoms with E-state index >= 15 is 0 Å². The van der Waals surface area contributed by atoms with E-state index in [0.717, 1.165) is 16.7 Å². The minimum Gasteiger partial charge on any atom is -0.497 e. The van der Waals surface area contributed by atoms with Crippen molar-refractivity contribution >= 4 is 29.8 Å². The van der Waals surface area contributed by atoms with Gasteiger partial charge in [-0.15, -0.1) is 0 Å². The van der Waals surface area contributed by atoms with E-state index in [1.165, 1.54) is 6.08 Å². The lowest BCUT2D eigenvalue weighted by atomic mass is 10.1. The number of ether oxygens (including phenoxy) is 5. The lowest BCUT2D eigenvalue weighted by Crippen LogP contribution is -2.09. The third kappa shape index (κ3) is 7.41. The number of methoxy groups -OCH3 is 4. The maximum atomic E-state index is 12.7. The summed E-state index contributed by atoms with van der Waals surface area (Å²) in [5.41, 5.74) is 3.05. The maximum Gasteiger partial charge on any atom is 0.248 e. The summed E-state index contributed by atoms with van der Waals surface area (Å²) in [6.07, 6.45) is 8.65. The van der Waals surface area contributed by atoms with Gasteiger partial charge in [0.15, 0.2) is 11.5 Å². The highest BCUT2D eigenvalue weighted by molar-refractivity contribution is 6.03. The monoisotopic (exact) mass is 501 g/mol. The lowest BCUT2D eigenvalue weighted by molar-refractivity contribution is -0.111. The molecule has 0 radical (unpaired) electrons. The Morgan fingerprint density at radius 2 is 1.57 bits per heavy atom. The van der Waals surface area contributed by atoms with Crippen LogP contribution in [0.5, 0.6) is 28.7 Å². The van der Waals surface area contributed by atoms with E-state index < -0.39 is 0 Å². The van der Waals surface area contributed by atoms with E-state index in [4.69, 9.17) is 23.7 Å². The second-order valence-corrected chi connectivity index (χ2v) is 7.74. The van der Waals surface area contributed by atoms with Gasteiger partial charge in [-0.1, -0.05) is 36.9 Å². The Hall–Kier alpha value is -4.65. The van der Waals surface area contributed by atoms with Crippen molar-refractivity contribution in [2.75, 3.05) is 40.4 Å². The Bertz CT molecular complexity index is 1270. The maximum absolute atomic E-state index is 12.7. The molecule has 1 N–H and O–H groups in total. The van der Waals surface area contributed by atoms with Gasteiger partial charge in [-0.2, -0.15) is 0 Å². The van der Waals surface area contributed by atoms with Crippen LogP contribution in [0.15, 0.2) is 73.3 Å². The topological polar surface area (TPSA) is 75.3 Å². The Morgan fingerprint density at radius 3 is 2.22 bits per heavy atom. The number of amides is 1. The number of nitrogens with one attached hydrogen (secondary N) is 1. The van der Waals surface area contributed by atoms with Crippen LogP contribution in [0.4, 0.5) is 5.69 Å². The summed E-state index contributed by atoms with van der Waals surface area (Å²) in [6, 6.07) is 16.6. The number of hydrogen-bond acceptors (Lipinski definition) is 6. The molecule has 3 aromatic carbocycles. The number of rotatable bonds is 12. The molecule has 0 saturated carbocycles. The zero-order valence-corrected chi connectivity index (χ0v) is 21.4. The van der Waals surface area contributed by atoms with Gasteiger partial charge in [0.25, 0.3) is 0 Å². The van der Waals surface area contributed by atoms with E-state index in [1.54, 1.807) is 52.7 Å². The molecule has 3 aromatic rings. The van der Waals surface area contributed by atoms with Gasteiger partial charge in [0.1, 0.15) is 18.1 Å². The first-order valence-corrected chi connectivity index (χ1v) is 11.5. The molecule has 0 aromatic heterocycles. The number of carbonyl (C=O) groups is 1. The number of carbonyl (C=O) groups excluding carboxylic acids is 1. The molecule has 0 heterocycles. The van der Waals surface area contributed by atoms with E-state index in [2.05, 4.69) is 11.9 Å². The van der Waals surface area contributed by atoms with Crippen molar-refractivity contribution in [2.24, 2.45) is 0 Å². The summed E-state index contributed by atoms with van der Waals surface area (Å²) in [5.74, 6) is 2.70. The van der Waals surface area contributed by atoms with Gasteiger partial charge in [0.05, 0.1) is 28.4 Å². The highest BCUT2D eigenvalue weighted by atomic mass is 16.5. The largest absolute Gasteiger partial charge is 0.497 e. The number of hydrogen-bond donors (Lipinski definition) is 1. The van der Waals surface area contributed by atoms with Crippen LogP contribution < -0.4 is 29.0 Å². The first-order valence-electron chi connectivity index (χ1n) is 11.5. The van der Waals surface area contributed by atoms with Gasteiger partial charge in [-0.25, -0.2) is 0 Å². The molecule has 0 saturated heterocycles. The van der Waals surface area contributed by atoms with Crippen molar-refractivity contribution < 1.29 is 28.5 Å². The molecule has 0 bridgehead atoms. The van der Waals surface area contributed by atoms with Crippen molar-refractivity contribution in [2.45, 2.75) is 0 Å². The summed E-state index contributed by atoms with van der Waals surface area (Å²) < 4.78 is 27.2. The molecular weight excluding hydrogens is 470 g/mol. The Morgan fingerprint density at radius 1 is 0.811 bits per heavy atom. The Labute approximate surface area is 217 Å². The molecule has 7 heteroatoms. The van der Waals surface area contributed by atoms with E-state index in [0.29, 0.717) is 41.0 Å². The van der Waals surface area contributed by atoms with Gasteiger partial charge in [0.2, 0.25) is 11.7 Å². The van der Waals surface area contributed by atoms with Crippen LogP contribution in [-0.2, 0) is 4.79 Å². The highest BCUT2D eigenvalue weighted by Gasteiger charge is 2.12. The molecule has 3 rings (SSSR count). The molecule has 1 amide bonds. The Kier molecular flexibility index (Phi) is 9.79. The average molecular weight is 502 g/mol. The molecular formula is C30H31NO6. The predicted octanol–water partition coefficient (Wildman–Crippen LogP) is 6.11. The first kappa shape index (κ1) is 26.9. The Balaban J connectivity index is 1.83. The second kappa shape index (κ2) is 13.4. The molecule has 0 atom stereocenters. The minimum absolute atomic E-state index is 0.273. The van der Waals surface area contributed by atoms with Crippen molar-refractivity contribution in [1.29, 1.82) is 0 Å². The summed E-state index contributed by atoms with van der Waals surface area (Å²) in [7, 11) is 6.29. The molecule has 7 nitrogen and oxygen atoms in total. The molecule has 0 spiro atoms. The van der Waals surface area contributed by atoms with Crippen LogP contribution in [0.1, 0.15) is 16.7 Å². The standard InChI is InChI=1S/C30H31NO6/c1-6-16-37-25-9-7-8-21(17-25)11-15-29(32)31-26-14-13-24(33-2)20-23(26)12-10-22-18-27(34-3)30(36-5)28(19-22)35-4/h6-15,17-20H,1,16H2,2-5H3,(H,31,32)/b12-10?,15-11+. The fourth-order valence-electron chi connectivity index (χ4n) is 3.51. The van der Waals surface area contributed by atoms with Crippen molar-refractivity contribution in [1.82, 2.24) is 0 Å². The van der Waals surface area contributed by atoms with Gasteiger partial charge < -0.3 is 29.0 Å². The highest BCUT2D eigenvalue weighted by Crippen LogP contribution is 2.38. The van der Waals surface area contributed by atoms with Crippen molar-refractivity contribution in [3.63, 3.8) is 0 Å². The molecule has 0 aliphatic rings. The quantitative estimate of drug-likeness (QED) is 0.183. The zero-order chi connectivity index (χ0) is 26.6. The third-order valence-corrected chi connectivity index (χ3v) is 5.31. The number of benzene rings is 3. The summed E-state index contributed by atoms with van der Waals surface area (Å²) >= 11 is 0. The van der Waals surface area contributed by atoms with Crippen LogP contribution in [0.2, 0.25) is 0 Å². The SMILES string of the molecule is C=CCOc1cccc(/C=C/C(=O)Nc2ccc(OC)cc2C=Cc2cc(OC)c(OC)c(OC)c2)c1. The van der Waals surface area contributed by atoms with Gasteiger partial charge in [0, 0.05) is 17.3 Å². The molecule has 0 fully saturated rings. The lowest BCUT2D eigenvalue weighted by Gasteiger charge is -2.13. The minimum atomic E-state index is -0.273. The smallest absolute Gasteiger partial charge is 0.248 e. The molecule has 0 aliphatic carbocycles. The van der Waals surface area contributed by atoms with Crippen LogP contribution in [0.3, 0.4) is 0 Å². The van der Waals surface area contributed by atoms with E-state index in [9.17, 15) is 4.79 Å². The van der Waals surface area contributed by atoms with E-state index in [-0.39, 0.29) is 5.91 Å². The molecule has 0 aliphatic heterocycles. The fourth-order valence-corrected chi connectivity index (χ4v) is 3.51. The van der Waals surface area contributed by atoms with Crippen LogP contribution in [-0.4, -0.2) is 41.0 Å². The van der Waals surface area contributed by atoms with Crippen LogP contribution in [0.25, 0.3) is 18.2 Å². The normalized spacial score (nSPS) is 10.8. The van der Waals surface area contributed by atoms with Gasteiger partial charge >= 0.3 is 0 Å². The first-order chi connectivity index (χ1) is 18.0. The summed E-state index contributed by atoms with van der Waals surface area (Å²) in [4.78, 5) is 12.7. The van der Waals surface area contributed by atoms with Gasteiger partial charge in [-0.3, -0.25) is 4.79 Å². The van der Waals surface area contributed by atoms with Crippen LogP contribution >= 0.6 is 0 Å². The third-order valence-electron chi connectivity index (χ3n) is 5.31. The van der Waals surface area contributed by atoms with Crippen molar-refractivity contribution in [3.05, 3.63) is 90.0 Å². The predicted molar refractivity (Wildman–Crippen MR) is 148 cm³/mol. The van der Waals surface area contributed by atoms with Gasteiger partial charge in [-0.05, 0) is 59.7 Å². The number of anilines is 1. The molecule has 192 valence electrons.